The number of phenolic OH excluding ortho intramolecular Hbond substituents is 1. The zero-order valence-electron chi connectivity index (χ0n) is 43.6. The summed E-state index contributed by atoms with van der Waals surface area (Å²) in [4.78, 5) is 175. The Morgan fingerprint density at radius 3 is 1.84 bits per heavy atom. The molecule has 0 aromatic heterocycles. The lowest BCUT2D eigenvalue weighted by atomic mass is 10.0. The van der Waals surface area contributed by atoms with Crippen LogP contribution < -0.4 is 59.7 Å². The molecule has 0 bridgehead atoms. The minimum atomic E-state index is -2.06. The van der Waals surface area contributed by atoms with Gasteiger partial charge >= 0.3 is 11.9 Å². The largest absolute Gasteiger partial charge is 0.508 e. The monoisotopic (exact) mass is 1150 g/mol. The molecule has 30 nitrogen and oxygen atoms in total. The first-order chi connectivity index (χ1) is 37.0. The van der Waals surface area contributed by atoms with Crippen LogP contribution >= 0.6 is 21.6 Å². The van der Waals surface area contributed by atoms with E-state index in [-0.39, 0.29) is 43.0 Å². The summed E-state index contributed by atoms with van der Waals surface area (Å²) in [5.74, 6) is -16.9. The summed E-state index contributed by atoms with van der Waals surface area (Å²) in [5, 5.41) is 69.3. The number of phenols is 1. The van der Waals surface area contributed by atoms with E-state index in [0.717, 1.165) is 40.3 Å². The molecule has 2 saturated heterocycles. The van der Waals surface area contributed by atoms with Crippen LogP contribution in [0.2, 0.25) is 0 Å². The molecule has 32 heteroatoms. The van der Waals surface area contributed by atoms with Gasteiger partial charge < -0.3 is 90.2 Å². The van der Waals surface area contributed by atoms with E-state index in [9.17, 15) is 87.9 Å². The smallest absolute Gasteiger partial charge is 0.326 e. The molecule has 1 aromatic carbocycles. The Kier molecular flexibility index (Phi) is 26.2. The van der Waals surface area contributed by atoms with Crippen LogP contribution in [-0.2, 0) is 68.7 Å². The predicted octanol–water partition coefficient (Wildman–Crippen LogP) is -5.97. The zero-order valence-corrected chi connectivity index (χ0v) is 45.3. The number of aliphatic hydroxyl groups excluding tert-OH is 2. The first-order valence-corrected chi connectivity index (χ1v) is 27.4. The Hall–Kier alpha value is -7.29. The Morgan fingerprint density at radius 2 is 1.28 bits per heavy atom. The molecule has 2 aliphatic heterocycles. The molecule has 12 atom stereocenters. The van der Waals surface area contributed by atoms with Gasteiger partial charge in [-0.15, -0.1) is 0 Å². The molecule has 0 unspecified atom stereocenters. The van der Waals surface area contributed by atoms with Crippen LogP contribution in [0.5, 0.6) is 5.75 Å². The molecule has 2 heterocycles. The number of rotatable bonds is 18. The number of aliphatic carboxylic acids is 2. The number of carboxylic acid groups (broad SMARTS) is 2. The van der Waals surface area contributed by atoms with Gasteiger partial charge in [-0.3, -0.25) is 57.5 Å². The molecule has 0 aliphatic carbocycles. The average molecular weight is 1160 g/mol. The van der Waals surface area contributed by atoms with Crippen molar-refractivity contribution in [2.45, 2.75) is 152 Å². The minimum Gasteiger partial charge on any atom is -0.508 e. The number of carbonyl (C=O) groups is 13. The molecule has 0 saturated carbocycles. The summed E-state index contributed by atoms with van der Waals surface area (Å²) in [6.45, 7) is 5.59. The molecule has 0 radical (unpaired) electrons. The van der Waals surface area contributed by atoms with Crippen molar-refractivity contribution < 1.29 is 87.9 Å². The maximum absolute atomic E-state index is 14.3. The number of nitrogens with two attached hydrogens (primary N) is 3. The van der Waals surface area contributed by atoms with Crippen molar-refractivity contribution in [3.63, 3.8) is 0 Å². The van der Waals surface area contributed by atoms with E-state index in [1.54, 1.807) is 13.8 Å². The number of carbonyl (C=O) groups excluding carboxylic acids is 11. The van der Waals surface area contributed by atoms with Gasteiger partial charge in [0.15, 0.2) is 0 Å². The number of hydrogen-bond donors (Lipinski definition) is 16. The molecule has 19 N–H and O–H groups in total. The number of primary amides is 2. The van der Waals surface area contributed by atoms with E-state index < -0.39 is 193 Å². The number of amides is 11. The number of aliphatic hydroxyl groups is 2. The van der Waals surface area contributed by atoms with Crippen molar-refractivity contribution in [1.29, 1.82) is 0 Å². The Morgan fingerprint density at radius 1 is 0.722 bits per heavy atom. The number of nitrogens with zero attached hydrogens (tertiary/aromatic N) is 1. The second-order valence-corrected chi connectivity index (χ2v) is 21.8. The fraction of sp³-hybridized carbons (Fsp3) is 0.596. The molecule has 2 aliphatic rings. The fourth-order valence-corrected chi connectivity index (χ4v) is 10.4. The topological polar surface area (TPSA) is 501 Å². The fourth-order valence-electron chi connectivity index (χ4n) is 8.06. The maximum Gasteiger partial charge on any atom is 0.326 e. The van der Waals surface area contributed by atoms with Crippen molar-refractivity contribution in [2.75, 3.05) is 18.1 Å². The van der Waals surface area contributed by atoms with Crippen LogP contribution in [-0.4, -0.2) is 198 Å². The van der Waals surface area contributed by atoms with Crippen molar-refractivity contribution in [2.24, 2.45) is 23.1 Å². The first kappa shape index (κ1) is 66.0. The van der Waals surface area contributed by atoms with Crippen LogP contribution in [0.25, 0.3) is 0 Å². The summed E-state index contributed by atoms with van der Waals surface area (Å²) < 4.78 is 0. The molecular weight excluding hydrogens is 1080 g/mol. The lowest BCUT2D eigenvalue weighted by Crippen LogP contribution is -2.63. The molecule has 11 amide bonds. The van der Waals surface area contributed by atoms with Gasteiger partial charge in [-0.05, 0) is 63.1 Å². The van der Waals surface area contributed by atoms with Gasteiger partial charge in [0, 0.05) is 30.9 Å². The number of hydrogen-bond acceptors (Lipinski definition) is 19. The molecule has 2 fully saturated rings. The summed E-state index contributed by atoms with van der Waals surface area (Å²) in [6, 6.07) is -12.0. The molecule has 79 heavy (non-hydrogen) atoms. The Bertz CT molecular complexity index is 2420. The van der Waals surface area contributed by atoms with E-state index in [1.165, 1.54) is 24.3 Å². The molecule has 3 rings (SSSR count). The van der Waals surface area contributed by atoms with Gasteiger partial charge in [0.2, 0.25) is 65.0 Å². The predicted molar refractivity (Wildman–Crippen MR) is 280 cm³/mol. The van der Waals surface area contributed by atoms with Crippen LogP contribution in [0.1, 0.15) is 78.2 Å². The van der Waals surface area contributed by atoms with Crippen molar-refractivity contribution in [3.05, 3.63) is 29.8 Å². The highest BCUT2D eigenvalue weighted by atomic mass is 33.1. The SMILES string of the molecule is CC(C)C[C@H](N)C(=O)N[C@H]1CSSC[C@@H](C(=O)N[C@@H](CC(=O)O)C(=O)O)NC(=O)[C@H](CCC(N)=O)NC(=O)[C@H](Cc2ccc(O)cc2)NC(=O)[C@H]([C@@H](C)O)NC(=O)[C@H]([C@@H](C)O)NC(=O)[C@@H]2CCCN2C(=O)[C@H](CC(N)=O)NC1=O. The van der Waals surface area contributed by atoms with Crippen LogP contribution in [0, 0.1) is 5.92 Å². The third kappa shape index (κ3) is 21.5. The number of benzene rings is 1. The van der Waals surface area contributed by atoms with Crippen molar-refractivity contribution in [3.8, 4) is 5.75 Å². The maximum atomic E-state index is 14.3. The van der Waals surface area contributed by atoms with Gasteiger partial charge in [0.25, 0.3) is 0 Å². The Labute approximate surface area is 460 Å². The second-order valence-electron chi connectivity index (χ2n) is 19.3. The summed E-state index contributed by atoms with van der Waals surface area (Å²) in [5.41, 5.74) is 17.3. The molecule has 1 aromatic rings. The lowest BCUT2D eigenvalue weighted by molar-refractivity contribution is -0.147. The van der Waals surface area contributed by atoms with Crippen molar-refractivity contribution in [1.82, 2.24) is 47.4 Å². The molecule has 0 spiro atoms. The van der Waals surface area contributed by atoms with E-state index in [4.69, 9.17) is 17.2 Å². The number of aromatic hydroxyl groups is 1. The van der Waals surface area contributed by atoms with E-state index >= 15 is 0 Å². The highest BCUT2D eigenvalue weighted by molar-refractivity contribution is 8.76. The highest BCUT2D eigenvalue weighted by Crippen LogP contribution is 2.25. The van der Waals surface area contributed by atoms with Crippen LogP contribution in [0.15, 0.2) is 24.3 Å². The summed E-state index contributed by atoms with van der Waals surface area (Å²) >= 11 is 0. The molecule has 438 valence electrons. The third-order valence-corrected chi connectivity index (χ3v) is 14.6. The minimum absolute atomic E-state index is 0.0359. The second kappa shape index (κ2) is 31.3. The number of carboxylic acids is 2. The molecular formula is C47H70N12O18S2. The lowest BCUT2D eigenvalue weighted by Gasteiger charge is -2.31. The average Bonchev–Trinajstić information content (AvgIpc) is 3.90. The van der Waals surface area contributed by atoms with Crippen molar-refractivity contribution >= 4 is 98.5 Å². The van der Waals surface area contributed by atoms with Crippen LogP contribution in [0.3, 0.4) is 0 Å². The van der Waals surface area contributed by atoms with E-state index in [0.29, 0.717) is 0 Å². The van der Waals surface area contributed by atoms with Gasteiger partial charge in [-0.25, -0.2) is 4.79 Å². The third-order valence-electron chi connectivity index (χ3n) is 12.2. The normalized spacial score (nSPS) is 25.1. The highest BCUT2D eigenvalue weighted by Gasteiger charge is 2.42. The van der Waals surface area contributed by atoms with Gasteiger partial charge in [0.1, 0.15) is 60.1 Å². The number of nitrogens with one attached hydrogen (secondary N) is 8. The van der Waals surface area contributed by atoms with Crippen LogP contribution in [0.4, 0.5) is 0 Å². The summed E-state index contributed by atoms with van der Waals surface area (Å²) in [7, 11) is 1.50. The number of fused-ring (bicyclic) bond motifs is 1. The van der Waals surface area contributed by atoms with E-state index in [1.807, 2.05) is 5.32 Å². The van der Waals surface area contributed by atoms with E-state index in [2.05, 4.69) is 37.2 Å². The van der Waals surface area contributed by atoms with Gasteiger partial charge in [-0.1, -0.05) is 47.6 Å². The summed E-state index contributed by atoms with van der Waals surface area (Å²) in [6.07, 6.45) is -6.76. The quantitative estimate of drug-likeness (QED) is 0.0609. The van der Waals surface area contributed by atoms with Gasteiger partial charge in [0.05, 0.1) is 31.1 Å². The first-order valence-electron chi connectivity index (χ1n) is 24.9. The Balaban J connectivity index is 2.25. The standard InChI is InChI=1S/C47H70N12O18S2/c1-20(2)14-25(48)38(67)55-30-18-78-79-19-31(42(71)54-29(47(76)77)17-35(65)66)56-39(68)26(11-12-33(49)63)51-40(69)27(15-23-7-9-24(62)10-8-23)52-44(73)36(21(3)60)58-45(74)37(22(4)61)57-43(72)32-6-5-13-59(32)46(75)28(16-34(50)64)53-41(30)70/h7-10,20-22,25-32,36-37,60-62H,5-6,11-19,48H2,1-4H3,(H2,49,63)(H2,50,64)(H,51,69)(H,52,73)(H,53,70)(H,54,71)(H,55,67)(H,56,68)(H,57,72)(H,58,74)(H,65,66)(H,76,77)/t21-,22-,25+,26+,27+,28+,29+,30+,31+,32+,36+,37+/m1/s1. The van der Waals surface area contributed by atoms with Gasteiger partial charge in [-0.2, -0.15) is 0 Å². The zero-order chi connectivity index (χ0) is 59.4.